The van der Waals surface area contributed by atoms with Crippen LogP contribution in [0.3, 0.4) is 0 Å². The van der Waals surface area contributed by atoms with E-state index in [0.29, 0.717) is 11.2 Å². The number of pyridine rings is 1. The van der Waals surface area contributed by atoms with E-state index in [-0.39, 0.29) is 10.8 Å². The molecule has 1 aliphatic rings. The molecular weight excluding hydrogens is 286 g/mol. The third kappa shape index (κ3) is 2.08. The van der Waals surface area contributed by atoms with Crippen molar-refractivity contribution in [2.24, 2.45) is 0 Å². The molecule has 1 aliphatic heterocycles. The Morgan fingerprint density at radius 1 is 1.38 bits per heavy atom. The van der Waals surface area contributed by atoms with Crippen molar-refractivity contribution in [2.45, 2.75) is 16.6 Å². The maximum absolute atomic E-state index is 11.0. The summed E-state index contributed by atoms with van der Waals surface area (Å²) in [5, 5.41) is 9.23. The quantitative estimate of drug-likeness (QED) is 0.760. The van der Waals surface area contributed by atoms with Crippen LogP contribution in [0.1, 0.15) is 27.0 Å². The lowest BCUT2D eigenvalue weighted by Gasteiger charge is -2.02. The van der Waals surface area contributed by atoms with Gasteiger partial charge >= 0.3 is 5.97 Å². The van der Waals surface area contributed by atoms with Gasteiger partial charge in [0.2, 0.25) is 0 Å². The molecule has 104 valence electrons. The van der Waals surface area contributed by atoms with E-state index in [0.717, 1.165) is 12.2 Å². The normalized spacial score (nSPS) is 17.0. The molecule has 0 radical (unpaired) electrons. The molecule has 2 N–H and O–H groups in total. The van der Waals surface area contributed by atoms with Crippen LogP contribution in [0, 0.1) is 0 Å². The Kier molecular flexibility index (Phi) is 2.71. The highest BCUT2D eigenvalue weighted by molar-refractivity contribution is 7.99. The zero-order chi connectivity index (χ0) is 14.4. The molecule has 0 aliphatic carbocycles. The SMILES string of the molecule is O=C(O)c1cnc2nc(C3Cc4ccccc4S3)[nH]c2c1. The maximum atomic E-state index is 11.0. The summed E-state index contributed by atoms with van der Waals surface area (Å²) in [5.74, 6) is -0.135. The summed E-state index contributed by atoms with van der Waals surface area (Å²) in [6.07, 6.45) is 2.26. The Morgan fingerprint density at radius 2 is 2.24 bits per heavy atom. The fourth-order valence-electron chi connectivity index (χ4n) is 2.52. The van der Waals surface area contributed by atoms with Crippen molar-refractivity contribution in [1.29, 1.82) is 0 Å². The van der Waals surface area contributed by atoms with Crippen LogP contribution in [0.15, 0.2) is 41.4 Å². The number of hydrogen-bond donors (Lipinski definition) is 2. The molecule has 0 saturated carbocycles. The van der Waals surface area contributed by atoms with Gasteiger partial charge in [-0.15, -0.1) is 11.8 Å². The number of fused-ring (bicyclic) bond motifs is 2. The van der Waals surface area contributed by atoms with Crippen molar-refractivity contribution in [3.63, 3.8) is 0 Å². The summed E-state index contributed by atoms with van der Waals surface area (Å²) in [7, 11) is 0. The molecule has 2 aromatic heterocycles. The molecule has 6 heteroatoms. The largest absolute Gasteiger partial charge is 0.478 e. The number of nitrogens with one attached hydrogen (secondary N) is 1. The lowest BCUT2D eigenvalue weighted by atomic mass is 10.1. The van der Waals surface area contributed by atoms with Gasteiger partial charge in [0.05, 0.1) is 16.3 Å². The molecule has 1 aromatic carbocycles. The first-order valence-corrected chi connectivity index (χ1v) is 7.42. The van der Waals surface area contributed by atoms with Gasteiger partial charge in [0, 0.05) is 11.1 Å². The van der Waals surface area contributed by atoms with Gasteiger partial charge in [0.1, 0.15) is 5.82 Å². The number of thioether (sulfide) groups is 1. The average molecular weight is 297 g/mol. The predicted octanol–water partition coefficient (Wildman–Crippen LogP) is 3.05. The molecule has 3 aromatic rings. The van der Waals surface area contributed by atoms with Gasteiger partial charge in [-0.2, -0.15) is 0 Å². The number of carboxylic acids is 1. The van der Waals surface area contributed by atoms with E-state index >= 15 is 0 Å². The fraction of sp³-hybridized carbons (Fsp3) is 0.133. The molecule has 5 nitrogen and oxygen atoms in total. The number of aromatic carboxylic acids is 1. The molecule has 1 unspecified atom stereocenters. The van der Waals surface area contributed by atoms with Gasteiger partial charge < -0.3 is 10.1 Å². The first-order valence-electron chi connectivity index (χ1n) is 6.54. The van der Waals surface area contributed by atoms with Crippen molar-refractivity contribution in [3.8, 4) is 0 Å². The van der Waals surface area contributed by atoms with E-state index in [4.69, 9.17) is 5.11 Å². The minimum atomic E-state index is -0.983. The number of nitrogens with zero attached hydrogens (tertiary/aromatic N) is 2. The highest BCUT2D eigenvalue weighted by atomic mass is 32.2. The van der Waals surface area contributed by atoms with Gasteiger partial charge in [-0.25, -0.2) is 14.8 Å². The molecule has 1 atom stereocenters. The molecular formula is C15H11N3O2S. The Morgan fingerprint density at radius 3 is 3.05 bits per heavy atom. The van der Waals surface area contributed by atoms with Crippen LogP contribution in [-0.4, -0.2) is 26.0 Å². The van der Waals surface area contributed by atoms with Crippen molar-refractivity contribution in [2.75, 3.05) is 0 Å². The molecule has 3 heterocycles. The summed E-state index contributed by atoms with van der Waals surface area (Å²) >= 11 is 1.78. The van der Waals surface area contributed by atoms with Crippen LogP contribution in [0.5, 0.6) is 0 Å². The van der Waals surface area contributed by atoms with E-state index < -0.39 is 5.97 Å². The fourth-order valence-corrected chi connectivity index (χ4v) is 3.78. The monoisotopic (exact) mass is 297 g/mol. The van der Waals surface area contributed by atoms with Gasteiger partial charge in [0.15, 0.2) is 5.65 Å². The second kappa shape index (κ2) is 4.60. The van der Waals surface area contributed by atoms with Crippen LogP contribution in [-0.2, 0) is 6.42 Å². The van der Waals surface area contributed by atoms with Crippen LogP contribution in [0.25, 0.3) is 11.2 Å². The summed E-state index contributed by atoms with van der Waals surface area (Å²) in [4.78, 5) is 24.1. The number of carboxylic acid groups (broad SMARTS) is 1. The molecule has 0 fully saturated rings. The lowest BCUT2D eigenvalue weighted by molar-refractivity contribution is 0.0696. The minimum absolute atomic E-state index is 0.167. The van der Waals surface area contributed by atoms with Crippen molar-refractivity contribution >= 4 is 28.9 Å². The minimum Gasteiger partial charge on any atom is -0.478 e. The van der Waals surface area contributed by atoms with Crippen molar-refractivity contribution in [1.82, 2.24) is 15.0 Å². The first-order chi connectivity index (χ1) is 10.2. The smallest absolute Gasteiger partial charge is 0.337 e. The topological polar surface area (TPSA) is 78.9 Å². The molecule has 0 saturated heterocycles. The van der Waals surface area contributed by atoms with Gasteiger partial charge in [-0.3, -0.25) is 0 Å². The summed E-state index contributed by atoms with van der Waals surface area (Å²) < 4.78 is 0. The van der Waals surface area contributed by atoms with Crippen LogP contribution in [0.2, 0.25) is 0 Å². The standard InChI is InChI=1S/C15H11N3O2S/c19-15(20)9-5-10-13(16-7-9)18-14(17-10)12-6-8-3-1-2-4-11(8)21-12/h1-5,7,12H,6H2,(H,19,20)(H,16,17,18). The lowest BCUT2D eigenvalue weighted by Crippen LogP contribution is -1.96. The number of H-pyrrole nitrogens is 1. The Hall–Kier alpha value is -2.34. The molecule has 21 heavy (non-hydrogen) atoms. The highest BCUT2D eigenvalue weighted by Gasteiger charge is 2.26. The van der Waals surface area contributed by atoms with E-state index in [1.54, 1.807) is 17.8 Å². The summed E-state index contributed by atoms with van der Waals surface area (Å²) in [5.41, 5.74) is 2.72. The van der Waals surface area contributed by atoms with Crippen LogP contribution < -0.4 is 0 Å². The number of hydrogen-bond acceptors (Lipinski definition) is 4. The third-order valence-electron chi connectivity index (χ3n) is 3.55. The molecule has 0 bridgehead atoms. The zero-order valence-corrected chi connectivity index (χ0v) is 11.7. The van der Waals surface area contributed by atoms with E-state index in [1.807, 2.05) is 12.1 Å². The number of imidazole rings is 1. The van der Waals surface area contributed by atoms with Gasteiger partial charge in [-0.05, 0) is 24.1 Å². The predicted molar refractivity (Wildman–Crippen MR) is 79.6 cm³/mol. The number of aromatic amines is 1. The Labute approximate surface area is 124 Å². The second-order valence-corrected chi connectivity index (χ2v) is 6.19. The number of aromatic nitrogens is 3. The summed E-state index contributed by atoms with van der Waals surface area (Å²) in [6, 6.07) is 9.90. The molecule has 4 rings (SSSR count). The van der Waals surface area contributed by atoms with Crippen LogP contribution in [0.4, 0.5) is 0 Å². The zero-order valence-electron chi connectivity index (χ0n) is 10.9. The number of rotatable bonds is 2. The Bertz CT molecular complexity index is 834. The molecule has 0 spiro atoms. The maximum Gasteiger partial charge on any atom is 0.337 e. The third-order valence-corrected chi connectivity index (χ3v) is 4.88. The van der Waals surface area contributed by atoms with Gasteiger partial charge in [-0.1, -0.05) is 18.2 Å². The number of carbonyl (C=O) groups is 1. The van der Waals surface area contributed by atoms with Crippen LogP contribution >= 0.6 is 11.8 Å². The average Bonchev–Trinajstić information content (AvgIpc) is 3.09. The summed E-state index contributed by atoms with van der Waals surface area (Å²) in [6.45, 7) is 0. The Balaban J connectivity index is 1.71. The van der Waals surface area contributed by atoms with E-state index in [1.165, 1.54) is 16.7 Å². The second-order valence-electron chi connectivity index (χ2n) is 4.94. The first kappa shape index (κ1) is 12.4. The number of benzene rings is 1. The van der Waals surface area contributed by atoms with Crippen molar-refractivity contribution < 1.29 is 9.90 Å². The molecule has 0 amide bonds. The van der Waals surface area contributed by atoms with Crippen molar-refractivity contribution in [3.05, 3.63) is 53.5 Å². The van der Waals surface area contributed by atoms with E-state index in [9.17, 15) is 4.79 Å². The van der Waals surface area contributed by atoms with E-state index in [2.05, 4.69) is 27.1 Å². The highest BCUT2D eigenvalue weighted by Crippen LogP contribution is 2.45. The van der Waals surface area contributed by atoms with Gasteiger partial charge in [0.25, 0.3) is 0 Å².